The Balaban J connectivity index is 1.69. The molecule has 0 heterocycles. The molecular formula is C25H23I. The zero-order valence-electron chi connectivity index (χ0n) is 15.0. The third-order valence-corrected chi connectivity index (χ3v) is 8.09. The molecule has 0 saturated carbocycles. The van der Waals surface area contributed by atoms with Gasteiger partial charge in [-0.25, -0.2) is 0 Å². The van der Waals surface area contributed by atoms with E-state index in [1.165, 1.54) is 38.5 Å². The van der Waals surface area contributed by atoms with Gasteiger partial charge < -0.3 is 0 Å². The van der Waals surface area contributed by atoms with Crippen LogP contribution in [-0.2, 0) is 0 Å². The van der Waals surface area contributed by atoms with Crippen molar-refractivity contribution in [2.45, 2.75) is 42.4 Å². The molecule has 0 radical (unpaired) electrons. The first-order valence-electron chi connectivity index (χ1n) is 10.1. The van der Waals surface area contributed by atoms with Gasteiger partial charge in [0.05, 0.1) is 0 Å². The number of fused-ring (bicyclic) bond motifs is 7. The normalized spacial score (nSPS) is 36.6. The zero-order valence-corrected chi connectivity index (χ0v) is 17.1. The molecule has 6 aliphatic carbocycles. The Morgan fingerprint density at radius 3 is 2.73 bits per heavy atom. The summed E-state index contributed by atoms with van der Waals surface area (Å²) in [4.78, 5) is 0. The minimum atomic E-state index is 0.159. The molecule has 0 nitrogen and oxygen atoms in total. The van der Waals surface area contributed by atoms with E-state index in [2.05, 4.69) is 77.3 Å². The molecule has 6 aliphatic rings. The van der Waals surface area contributed by atoms with Crippen LogP contribution >= 0.6 is 22.6 Å². The second kappa shape index (κ2) is 5.58. The summed E-state index contributed by atoms with van der Waals surface area (Å²) in [6, 6.07) is 0. The first-order valence-corrected chi connectivity index (χ1v) is 11.3. The molecule has 1 spiro atoms. The molecular weight excluding hydrogens is 427 g/mol. The van der Waals surface area contributed by atoms with Gasteiger partial charge in [-0.15, -0.1) is 0 Å². The summed E-state index contributed by atoms with van der Waals surface area (Å²) in [5, 5.41) is 0. The predicted octanol–water partition coefficient (Wildman–Crippen LogP) is 6.86. The Bertz CT molecular complexity index is 956. The summed E-state index contributed by atoms with van der Waals surface area (Å²) < 4.78 is 0.623. The molecule has 6 rings (SSSR count). The number of halogens is 1. The van der Waals surface area contributed by atoms with Gasteiger partial charge in [-0.2, -0.15) is 0 Å². The average molecular weight is 450 g/mol. The summed E-state index contributed by atoms with van der Waals surface area (Å²) in [5.74, 6) is 0.624. The van der Waals surface area contributed by atoms with E-state index >= 15 is 0 Å². The lowest BCUT2D eigenvalue weighted by molar-refractivity contribution is 0.373. The predicted molar refractivity (Wildman–Crippen MR) is 117 cm³/mol. The molecule has 3 atom stereocenters. The van der Waals surface area contributed by atoms with Gasteiger partial charge in [-0.3, -0.25) is 0 Å². The van der Waals surface area contributed by atoms with Crippen molar-refractivity contribution in [1.82, 2.24) is 0 Å². The van der Waals surface area contributed by atoms with Crippen molar-refractivity contribution >= 4 is 22.6 Å². The lowest BCUT2D eigenvalue weighted by Gasteiger charge is -2.42. The fourth-order valence-corrected chi connectivity index (χ4v) is 7.07. The Labute approximate surface area is 169 Å². The molecule has 130 valence electrons. The summed E-state index contributed by atoms with van der Waals surface area (Å²) in [6.45, 7) is 0. The number of hydrogen-bond donors (Lipinski definition) is 0. The van der Waals surface area contributed by atoms with Crippen LogP contribution in [0.5, 0.6) is 0 Å². The van der Waals surface area contributed by atoms with Gasteiger partial charge in [-0.05, 0) is 77.5 Å². The molecule has 0 aromatic heterocycles. The Morgan fingerprint density at radius 2 is 1.77 bits per heavy atom. The maximum absolute atomic E-state index is 2.63. The quantitative estimate of drug-likeness (QED) is 0.280. The average Bonchev–Trinajstić information content (AvgIpc) is 3.15. The van der Waals surface area contributed by atoms with Gasteiger partial charge in [0.15, 0.2) is 0 Å². The maximum atomic E-state index is 2.63. The van der Waals surface area contributed by atoms with Crippen molar-refractivity contribution in [3.8, 4) is 0 Å². The molecule has 0 fully saturated rings. The van der Waals surface area contributed by atoms with Crippen molar-refractivity contribution in [3.05, 3.63) is 93.7 Å². The Morgan fingerprint density at radius 1 is 0.923 bits per heavy atom. The van der Waals surface area contributed by atoms with Crippen LogP contribution in [0.25, 0.3) is 0 Å². The van der Waals surface area contributed by atoms with Crippen LogP contribution in [-0.4, -0.2) is 3.92 Å². The van der Waals surface area contributed by atoms with E-state index in [4.69, 9.17) is 0 Å². The summed E-state index contributed by atoms with van der Waals surface area (Å²) in [7, 11) is 0. The smallest absolute Gasteiger partial charge is 0.0463 e. The SMILES string of the molecule is IC1C=CC2=C(C1)C1(C3=C(CCC=C3)C3=CC=CCC31)C1=C2C=CCC1. The Hall–Kier alpha value is -1.35. The summed E-state index contributed by atoms with van der Waals surface area (Å²) in [6.07, 6.45) is 29.1. The highest BCUT2D eigenvalue weighted by Crippen LogP contribution is 2.69. The van der Waals surface area contributed by atoms with E-state index in [0.717, 1.165) is 0 Å². The topological polar surface area (TPSA) is 0 Å². The standard InChI is InChI=1S/C25H23I/c26-16-13-14-20-19-9-3-6-12-23(19)25(24(20)15-16)21-10-4-1-7-17(21)18-8-2-5-11-22(18)25/h1,3-5,7,9,11,13-14,16,21H,2,6,8,10,12,15H2. The van der Waals surface area contributed by atoms with Gasteiger partial charge in [0, 0.05) is 15.3 Å². The van der Waals surface area contributed by atoms with Gasteiger partial charge in [0.2, 0.25) is 0 Å². The van der Waals surface area contributed by atoms with Crippen molar-refractivity contribution in [1.29, 1.82) is 0 Å². The number of alkyl halides is 1. The summed E-state index contributed by atoms with van der Waals surface area (Å²) in [5.41, 5.74) is 11.7. The van der Waals surface area contributed by atoms with Gasteiger partial charge in [0.1, 0.15) is 0 Å². The van der Waals surface area contributed by atoms with Crippen molar-refractivity contribution in [2.75, 3.05) is 0 Å². The van der Waals surface area contributed by atoms with E-state index < -0.39 is 0 Å². The van der Waals surface area contributed by atoms with Crippen LogP contribution < -0.4 is 0 Å². The first kappa shape index (κ1) is 15.7. The zero-order chi connectivity index (χ0) is 17.3. The van der Waals surface area contributed by atoms with E-state index in [0.29, 0.717) is 9.84 Å². The lowest BCUT2D eigenvalue weighted by atomic mass is 9.60. The van der Waals surface area contributed by atoms with Crippen LogP contribution in [0.15, 0.2) is 93.7 Å². The van der Waals surface area contributed by atoms with Crippen molar-refractivity contribution in [2.24, 2.45) is 11.3 Å². The highest BCUT2D eigenvalue weighted by atomic mass is 127. The van der Waals surface area contributed by atoms with Crippen LogP contribution in [0.3, 0.4) is 0 Å². The molecule has 0 amide bonds. The number of hydrogen-bond acceptors (Lipinski definition) is 0. The van der Waals surface area contributed by atoms with E-state index in [-0.39, 0.29) is 5.41 Å². The molecule has 1 heteroatoms. The molecule has 0 N–H and O–H groups in total. The van der Waals surface area contributed by atoms with Crippen LogP contribution in [0.1, 0.15) is 38.5 Å². The monoisotopic (exact) mass is 450 g/mol. The van der Waals surface area contributed by atoms with Crippen LogP contribution in [0.4, 0.5) is 0 Å². The molecule has 3 unspecified atom stereocenters. The van der Waals surface area contributed by atoms with Crippen molar-refractivity contribution < 1.29 is 0 Å². The third-order valence-electron chi connectivity index (χ3n) is 7.23. The van der Waals surface area contributed by atoms with E-state index in [1.54, 1.807) is 39.0 Å². The Kier molecular flexibility index (Phi) is 3.36. The minimum Gasteiger partial charge on any atom is -0.0839 e. The van der Waals surface area contributed by atoms with Gasteiger partial charge >= 0.3 is 0 Å². The van der Waals surface area contributed by atoms with Gasteiger partial charge in [-0.1, -0.05) is 77.3 Å². The van der Waals surface area contributed by atoms with Crippen LogP contribution in [0.2, 0.25) is 0 Å². The second-order valence-corrected chi connectivity index (χ2v) is 9.88. The highest BCUT2D eigenvalue weighted by Gasteiger charge is 2.58. The fraction of sp³-hybridized carbons (Fsp3) is 0.360. The van der Waals surface area contributed by atoms with Crippen molar-refractivity contribution in [3.63, 3.8) is 0 Å². The van der Waals surface area contributed by atoms with E-state index in [9.17, 15) is 0 Å². The van der Waals surface area contributed by atoms with Gasteiger partial charge in [0.25, 0.3) is 0 Å². The molecule has 0 aromatic rings. The molecule has 0 bridgehead atoms. The maximum Gasteiger partial charge on any atom is 0.0463 e. The van der Waals surface area contributed by atoms with Crippen LogP contribution in [0, 0.1) is 11.3 Å². The molecule has 0 saturated heterocycles. The minimum absolute atomic E-state index is 0.159. The fourth-order valence-electron chi connectivity index (χ4n) is 6.43. The molecule has 0 aromatic carbocycles. The number of rotatable bonds is 0. The molecule has 0 aliphatic heterocycles. The first-order chi connectivity index (χ1) is 12.8. The lowest BCUT2D eigenvalue weighted by Crippen LogP contribution is -2.34. The highest BCUT2D eigenvalue weighted by molar-refractivity contribution is 14.1. The third kappa shape index (κ3) is 1.81. The second-order valence-electron chi connectivity index (χ2n) is 8.28. The number of allylic oxidation sites excluding steroid dienone is 16. The molecule has 26 heavy (non-hydrogen) atoms. The largest absolute Gasteiger partial charge is 0.0839 e. The summed E-state index contributed by atoms with van der Waals surface area (Å²) >= 11 is 2.63. The van der Waals surface area contributed by atoms with E-state index in [1.807, 2.05) is 0 Å².